The first-order valence-electron chi connectivity index (χ1n) is 6.24. The molecule has 0 amide bonds. The van der Waals surface area contributed by atoms with Crippen LogP contribution in [0.15, 0.2) is 36.4 Å². The lowest BCUT2D eigenvalue weighted by molar-refractivity contribution is -0.0711. The van der Waals surface area contributed by atoms with Gasteiger partial charge in [-0.25, -0.2) is 0 Å². The number of benzene rings is 1. The van der Waals surface area contributed by atoms with Crippen LogP contribution in [0.3, 0.4) is 0 Å². The Labute approximate surface area is 103 Å². The molecule has 2 nitrogen and oxygen atoms in total. The van der Waals surface area contributed by atoms with Crippen molar-refractivity contribution in [3.05, 3.63) is 42.0 Å². The quantitative estimate of drug-likeness (QED) is 0.834. The highest BCUT2D eigenvalue weighted by atomic mass is 16.3. The predicted octanol–water partition coefficient (Wildman–Crippen LogP) is 2.45. The van der Waals surface area contributed by atoms with E-state index in [2.05, 4.69) is 43.4 Å². The van der Waals surface area contributed by atoms with E-state index in [-0.39, 0.29) is 11.5 Å². The molecule has 1 fully saturated rings. The summed E-state index contributed by atoms with van der Waals surface area (Å²) in [5, 5.41) is 13.1. The van der Waals surface area contributed by atoms with E-state index in [0.29, 0.717) is 6.04 Å². The average Bonchev–Trinajstić information content (AvgIpc) is 2.34. The molecule has 0 heterocycles. The summed E-state index contributed by atoms with van der Waals surface area (Å²) in [6.07, 6.45) is 4.97. The van der Waals surface area contributed by atoms with E-state index in [4.69, 9.17) is 0 Å². The molecule has 2 rings (SSSR count). The molecule has 92 valence electrons. The van der Waals surface area contributed by atoms with E-state index in [9.17, 15) is 5.11 Å². The molecular formula is C15H21NO. The molecule has 1 aromatic rings. The molecule has 1 aliphatic carbocycles. The minimum Gasteiger partial charge on any atom is -0.392 e. The third-order valence-corrected chi connectivity index (χ3v) is 3.81. The molecule has 2 unspecified atom stereocenters. The number of rotatable bonds is 4. The molecule has 0 radical (unpaired) electrons. The minimum absolute atomic E-state index is 0.0145. The molecule has 17 heavy (non-hydrogen) atoms. The Hall–Kier alpha value is -1.12. The van der Waals surface area contributed by atoms with Crippen LogP contribution in [-0.4, -0.2) is 23.8 Å². The lowest BCUT2D eigenvalue weighted by Gasteiger charge is -2.49. The van der Waals surface area contributed by atoms with Crippen molar-refractivity contribution in [2.24, 2.45) is 5.41 Å². The second-order valence-corrected chi connectivity index (χ2v) is 5.35. The van der Waals surface area contributed by atoms with Gasteiger partial charge in [0.25, 0.3) is 0 Å². The van der Waals surface area contributed by atoms with Gasteiger partial charge in [0.05, 0.1) is 6.10 Å². The molecule has 1 saturated carbocycles. The Morgan fingerprint density at radius 2 is 2.06 bits per heavy atom. The van der Waals surface area contributed by atoms with Crippen molar-refractivity contribution in [1.82, 2.24) is 5.32 Å². The fourth-order valence-electron chi connectivity index (χ4n) is 2.22. The van der Waals surface area contributed by atoms with Crippen LogP contribution < -0.4 is 5.32 Å². The van der Waals surface area contributed by atoms with Gasteiger partial charge in [-0.2, -0.15) is 0 Å². The van der Waals surface area contributed by atoms with Gasteiger partial charge in [-0.05, 0) is 12.0 Å². The Morgan fingerprint density at radius 1 is 1.35 bits per heavy atom. The minimum atomic E-state index is -0.155. The predicted molar refractivity (Wildman–Crippen MR) is 71.7 cm³/mol. The molecule has 2 N–H and O–H groups in total. The molecule has 0 spiro atoms. The first-order chi connectivity index (χ1) is 8.10. The molecule has 0 aromatic heterocycles. The number of hydrogen-bond acceptors (Lipinski definition) is 2. The Bertz CT molecular complexity index is 383. The van der Waals surface area contributed by atoms with Gasteiger partial charge in [-0.1, -0.05) is 56.3 Å². The Balaban J connectivity index is 1.76. The summed E-state index contributed by atoms with van der Waals surface area (Å²) in [6, 6.07) is 10.7. The monoisotopic (exact) mass is 231 g/mol. The molecule has 0 saturated heterocycles. The smallest absolute Gasteiger partial charge is 0.0621 e. The maximum absolute atomic E-state index is 9.62. The molecule has 0 bridgehead atoms. The van der Waals surface area contributed by atoms with Gasteiger partial charge in [0.15, 0.2) is 0 Å². The van der Waals surface area contributed by atoms with Crippen LogP contribution in [0.25, 0.3) is 6.08 Å². The van der Waals surface area contributed by atoms with Crippen LogP contribution in [-0.2, 0) is 0 Å². The van der Waals surface area contributed by atoms with Crippen molar-refractivity contribution in [2.75, 3.05) is 6.54 Å². The largest absolute Gasteiger partial charge is 0.392 e. The summed E-state index contributed by atoms with van der Waals surface area (Å²) in [5.74, 6) is 0. The highest BCUT2D eigenvalue weighted by molar-refractivity contribution is 5.48. The second-order valence-electron chi connectivity index (χ2n) is 5.35. The van der Waals surface area contributed by atoms with Gasteiger partial charge in [-0.3, -0.25) is 0 Å². The van der Waals surface area contributed by atoms with Gasteiger partial charge < -0.3 is 10.4 Å². The van der Waals surface area contributed by atoms with Gasteiger partial charge in [0, 0.05) is 18.0 Å². The number of hydrogen-bond donors (Lipinski definition) is 2. The van der Waals surface area contributed by atoms with Crippen LogP contribution in [0, 0.1) is 5.41 Å². The highest BCUT2D eigenvalue weighted by Gasteiger charge is 2.46. The molecule has 1 aromatic carbocycles. The fraction of sp³-hybridized carbons (Fsp3) is 0.467. The topological polar surface area (TPSA) is 32.3 Å². The normalized spacial score (nSPS) is 27.0. The first kappa shape index (κ1) is 12.3. The summed E-state index contributed by atoms with van der Waals surface area (Å²) < 4.78 is 0. The third kappa shape index (κ3) is 2.76. The van der Waals surface area contributed by atoms with Crippen molar-refractivity contribution in [3.8, 4) is 0 Å². The SMILES string of the molecule is CC1(C)C(O)CC1NC/C=C/c1ccccc1. The van der Waals surface area contributed by atoms with Crippen molar-refractivity contribution < 1.29 is 5.11 Å². The van der Waals surface area contributed by atoms with Crippen molar-refractivity contribution in [3.63, 3.8) is 0 Å². The van der Waals surface area contributed by atoms with Crippen LogP contribution >= 0.6 is 0 Å². The second kappa shape index (κ2) is 5.03. The van der Waals surface area contributed by atoms with E-state index in [1.54, 1.807) is 0 Å². The first-order valence-corrected chi connectivity index (χ1v) is 6.24. The molecule has 2 heteroatoms. The number of aliphatic hydroxyl groups is 1. The van der Waals surface area contributed by atoms with E-state index in [0.717, 1.165) is 13.0 Å². The fourth-order valence-corrected chi connectivity index (χ4v) is 2.22. The summed E-state index contributed by atoms with van der Waals surface area (Å²) in [6.45, 7) is 5.08. The van der Waals surface area contributed by atoms with Crippen LogP contribution in [0.2, 0.25) is 0 Å². The number of nitrogens with one attached hydrogen (secondary N) is 1. The van der Waals surface area contributed by atoms with E-state index >= 15 is 0 Å². The van der Waals surface area contributed by atoms with E-state index in [1.165, 1.54) is 5.56 Å². The average molecular weight is 231 g/mol. The zero-order valence-electron chi connectivity index (χ0n) is 10.6. The summed E-state index contributed by atoms with van der Waals surface area (Å²) in [4.78, 5) is 0. The van der Waals surface area contributed by atoms with E-state index < -0.39 is 0 Å². The Kier molecular flexibility index (Phi) is 3.65. The zero-order chi connectivity index (χ0) is 12.3. The van der Waals surface area contributed by atoms with Crippen LogP contribution in [0.5, 0.6) is 0 Å². The maximum atomic E-state index is 9.62. The van der Waals surface area contributed by atoms with Crippen molar-refractivity contribution >= 4 is 6.08 Å². The molecule has 2 atom stereocenters. The lowest BCUT2D eigenvalue weighted by Crippen LogP contribution is -2.59. The summed E-state index contributed by atoms with van der Waals surface area (Å²) in [5.41, 5.74) is 1.24. The highest BCUT2D eigenvalue weighted by Crippen LogP contribution is 2.40. The number of aliphatic hydroxyl groups excluding tert-OH is 1. The van der Waals surface area contributed by atoms with Crippen LogP contribution in [0.1, 0.15) is 25.8 Å². The van der Waals surface area contributed by atoms with Gasteiger partial charge >= 0.3 is 0 Å². The summed E-state index contributed by atoms with van der Waals surface area (Å²) in [7, 11) is 0. The van der Waals surface area contributed by atoms with Gasteiger partial charge in [0.1, 0.15) is 0 Å². The van der Waals surface area contributed by atoms with E-state index in [1.807, 2.05) is 18.2 Å². The Morgan fingerprint density at radius 3 is 2.65 bits per heavy atom. The third-order valence-electron chi connectivity index (χ3n) is 3.81. The molecule has 0 aliphatic heterocycles. The molecular weight excluding hydrogens is 210 g/mol. The van der Waals surface area contributed by atoms with Crippen molar-refractivity contribution in [1.29, 1.82) is 0 Å². The van der Waals surface area contributed by atoms with Gasteiger partial charge in [-0.15, -0.1) is 0 Å². The lowest BCUT2D eigenvalue weighted by atomic mass is 9.64. The van der Waals surface area contributed by atoms with Gasteiger partial charge in [0.2, 0.25) is 0 Å². The summed E-state index contributed by atoms with van der Waals surface area (Å²) >= 11 is 0. The standard InChI is InChI=1S/C15H21NO/c1-15(2)13(11-14(15)17)16-10-6-9-12-7-4-3-5-8-12/h3-9,13-14,16-17H,10-11H2,1-2H3/b9-6+. The zero-order valence-corrected chi connectivity index (χ0v) is 10.6. The maximum Gasteiger partial charge on any atom is 0.0621 e. The molecule has 1 aliphatic rings. The van der Waals surface area contributed by atoms with Crippen LogP contribution in [0.4, 0.5) is 0 Å². The van der Waals surface area contributed by atoms with Crippen molar-refractivity contribution in [2.45, 2.75) is 32.4 Å².